The van der Waals surface area contributed by atoms with Crippen LogP contribution in [0.2, 0.25) is 0 Å². The molecule has 4 heteroatoms. The second-order valence-corrected chi connectivity index (χ2v) is 6.52. The number of rotatable bonds is 9. The van der Waals surface area contributed by atoms with E-state index in [2.05, 4.69) is 23.3 Å². The number of nitrogens with one attached hydrogen (secondary N) is 1. The zero-order valence-corrected chi connectivity index (χ0v) is 15.5. The molecule has 0 fully saturated rings. The van der Waals surface area contributed by atoms with Crippen molar-refractivity contribution < 1.29 is 14.8 Å². The quantitative estimate of drug-likeness (QED) is 0.459. The number of quaternary nitrogens is 1. The van der Waals surface area contributed by atoms with Gasteiger partial charge in [-0.15, -0.1) is 0 Å². The van der Waals surface area contributed by atoms with Crippen LogP contribution in [0.5, 0.6) is 0 Å². The summed E-state index contributed by atoms with van der Waals surface area (Å²) < 4.78 is 5.14. The van der Waals surface area contributed by atoms with E-state index in [9.17, 15) is 4.79 Å². The number of Topliss-reactive ketones (excluding diaryl/α,β-unsaturated/α-hetero) is 1. The second-order valence-electron chi connectivity index (χ2n) is 6.52. The number of H-pyrrole nitrogens is 1. The van der Waals surface area contributed by atoms with E-state index >= 15 is 0 Å². The lowest BCUT2D eigenvalue weighted by atomic mass is 9.96. The number of aryl methyl sites for hydroxylation is 1. The van der Waals surface area contributed by atoms with Crippen molar-refractivity contribution >= 4 is 16.7 Å². The topological polar surface area (TPSA) is 58.7 Å². The monoisotopic (exact) mass is 351 g/mol. The maximum Gasteiger partial charge on any atom is 0.226 e. The highest BCUT2D eigenvalue weighted by Gasteiger charge is 2.27. The summed E-state index contributed by atoms with van der Waals surface area (Å²) in [5.74, 6) is 0.146. The molecule has 1 heterocycles. The lowest BCUT2D eigenvalue weighted by Gasteiger charge is -2.15. The predicted molar refractivity (Wildman–Crippen MR) is 104 cm³/mol. The minimum Gasteiger partial charge on any atom is -0.384 e. The number of hydrogen-bond acceptors (Lipinski definition) is 2. The Labute approximate surface area is 154 Å². The van der Waals surface area contributed by atoms with E-state index in [1.54, 1.807) is 7.11 Å². The number of methoxy groups -OCH3 is 1. The van der Waals surface area contributed by atoms with Gasteiger partial charge in [-0.25, -0.2) is 0 Å². The lowest BCUT2D eigenvalue weighted by Crippen LogP contribution is -2.87. The molecule has 1 atom stereocenters. The summed E-state index contributed by atoms with van der Waals surface area (Å²) in [6.45, 7) is 3.69. The summed E-state index contributed by atoms with van der Waals surface area (Å²) in [6.07, 6.45) is 3.73. The highest BCUT2D eigenvalue weighted by Crippen LogP contribution is 2.25. The number of aromatic amines is 1. The van der Waals surface area contributed by atoms with Crippen molar-refractivity contribution in [1.29, 1.82) is 0 Å². The minimum absolute atomic E-state index is 0.146. The average Bonchev–Trinajstić information content (AvgIpc) is 3.12. The Bertz CT molecular complexity index is 855. The van der Waals surface area contributed by atoms with Crippen LogP contribution in [0, 0.1) is 0 Å². The number of aromatic nitrogens is 1. The Hall–Kier alpha value is -2.43. The van der Waals surface area contributed by atoms with E-state index in [-0.39, 0.29) is 11.8 Å². The number of ketones is 1. The van der Waals surface area contributed by atoms with Gasteiger partial charge in [0.25, 0.3) is 0 Å². The molecule has 0 aliphatic rings. The summed E-state index contributed by atoms with van der Waals surface area (Å²) >= 11 is 0. The molecule has 0 amide bonds. The summed E-state index contributed by atoms with van der Waals surface area (Å²) in [7, 11) is 1.71. The summed E-state index contributed by atoms with van der Waals surface area (Å²) in [5.41, 5.74) is 4.12. The van der Waals surface area contributed by atoms with Crippen molar-refractivity contribution in [3.05, 3.63) is 71.4 Å². The molecule has 0 aliphatic heterocycles. The number of hydrogen-bond donors (Lipinski definition) is 2. The smallest absolute Gasteiger partial charge is 0.226 e. The van der Waals surface area contributed by atoms with Gasteiger partial charge in [0.05, 0.1) is 13.2 Å². The third kappa shape index (κ3) is 3.87. The van der Waals surface area contributed by atoms with Crippen molar-refractivity contribution in [2.75, 3.05) is 20.3 Å². The van der Waals surface area contributed by atoms with Crippen LogP contribution in [0.4, 0.5) is 0 Å². The molecule has 1 aromatic heterocycles. The van der Waals surface area contributed by atoms with Crippen LogP contribution in [0.3, 0.4) is 0 Å². The number of carbonyl (C=O) groups is 1. The van der Waals surface area contributed by atoms with Gasteiger partial charge in [0.1, 0.15) is 0 Å². The van der Waals surface area contributed by atoms with Crippen molar-refractivity contribution in [1.82, 2.24) is 4.98 Å². The van der Waals surface area contributed by atoms with Crippen molar-refractivity contribution in [3.63, 3.8) is 0 Å². The van der Waals surface area contributed by atoms with Gasteiger partial charge in [-0.05, 0) is 12.0 Å². The number of para-hydroxylation sites is 1. The number of nitrogens with two attached hydrogens (primary N) is 1. The first-order chi connectivity index (χ1) is 12.8. The van der Waals surface area contributed by atoms with Gasteiger partial charge in [0.15, 0.2) is 6.04 Å². The van der Waals surface area contributed by atoms with Crippen molar-refractivity contribution in [2.45, 2.75) is 25.8 Å². The zero-order valence-electron chi connectivity index (χ0n) is 15.5. The molecule has 0 saturated heterocycles. The maximum absolute atomic E-state index is 13.4. The van der Waals surface area contributed by atoms with Gasteiger partial charge in [-0.3, -0.25) is 4.79 Å². The fraction of sp³-hybridized carbons (Fsp3) is 0.318. The van der Waals surface area contributed by atoms with E-state index in [0.29, 0.717) is 6.61 Å². The second kappa shape index (κ2) is 8.79. The van der Waals surface area contributed by atoms with E-state index in [4.69, 9.17) is 4.74 Å². The molecule has 136 valence electrons. The minimum atomic E-state index is -0.239. The van der Waals surface area contributed by atoms with Crippen LogP contribution in [0.25, 0.3) is 10.9 Å². The number of benzene rings is 2. The van der Waals surface area contributed by atoms with Gasteiger partial charge >= 0.3 is 0 Å². The molecule has 3 rings (SSSR count). The fourth-order valence-electron chi connectivity index (χ4n) is 3.45. The van der Waals surface area contributed by atoms with E-state index in [1.807, 2.05) is 48.7 Å². The van der Waals surface area contributed by atoms with Crippen LogP contribution in [0.1, 0.15) is 40.9 Å². The van der Waals surface area contributed by atoms with Crippen molar-refractivity contribution in [3.8, 4) is 0 Å². The van der Waals surface area contributed by atoms with E-state index in [1.165, 1.54) is 5.56 Å². The number of fused-ring (bicyclic) bond motifs is 1. The summed E-state index contributed by atoms with van der Waals surface area (Å²) in [5, 5.41) is 3.14. The number of carbonyl (C=O) groups excluding carboxylic acids is 1. The number of ether oxygens (including phenoxy) is 1. The molecular formula is C22H27N2O2+. The Morgan fingerprint density at radius 2 is 1.96 bits per heavy atom. The fourth-order valence-corrected chi connectivity index (χ4v) is 3.45. The molecule has 0 bridgehead atoms. The Morgan fingerprint density at radius 3 is 2.69 bits per heavy atom. The molecule has 0 saturated carbocycles. The van der Waals surface area contributed by atoms with Gasteiger partial charge in [-0.1, -0.05) is 55.5 Å². The molecule has 2 aromatic carbocycles. The Balaban J connectivity index is 1.92. The first-order valence-corrected chi connectivity index (χ1v) is 9.26. The van der Waals surface area contributed by atoms with Gasteiger partial charge in [0.2, 0.25) is 5.78 Å². The van der Waals surface area contributed by atoms with Crippen LogP contribution in [0.15, 0.2) is 54.7 Å². The van der Waals surface area contributed by atoms with E-state index in [0.717, 1.165) is 41.4 Å². The van der Waals surface area contributed by atoms with Crippen molar-refractivity contribution in [2.24, 2.45) is 0 Å². The molecule has 0 unspecified atom stereocenters. The van der Waals surface area contributed by atoms with Crippen LogP contribution in [-0.4, -0.2) is 31.0 Å². The first-order valence-electron chi connectivity index (χ1n) is 9.26. The molecule has 0 radical (unpaired) electrons. The van der Waals surface area contributed by atoms with Gasteiger partial charge < -0.3 is 15.0 Å². The standard InChI is InChI=1S/C22H26N2O2/c1-3-16-11-7-12-18-19(15-24-20(16)18)22(25)21(23-13-8-14-26-2)17-9-5-4-6-10-17/h4-7,9-12,15,21,23-24H,3,8,13-14H2,1-2H3/p+1/t21-/m0/s1. The van der Waals surface area contributed by atoms with E-state index < -0.39 is 0 Å². The first kappa shape index (κ1) is 18.4. The normalized spacial score (nSPS) is 12.4. The molecule has 0 aliphatic carbocycles. The summed E-state index contributed by atoms with van der Waals surface area (Å²) in [4.78, 5) is 16.7. The third-order valence-corrected chi connectivity index (χ3v) is 4.84. The van der Waals surface area contributed by atoms with Crippen LogP contribution in [-0.2, 0) is 11.2 Å². The largest absolute Gasteiger partial charge is 0.384 e. The predicted octanol–water partition coefficient (Wildman–Crippen LogP) is 3.25. The van der Waals surface area contributed by atoms with Gasteiger partial charge in [0, 0.05) is 41.8 Å². The molecule has 3 N–H and O–H groups in total. The molecule has 0 spiro atoms. The highest BCUT2D eigenvalue weighted by molar-refractivity contribution is 6.10. The van der Waals surface area contributed by atoms with Crippen LogP contribution >= 0.6 is 0 Å². The molecule has 26 heavy (non-hydrogen) atoms. The molecule has 4 nitrogen and oxygen atoms in total. The van der Waals surface area contributed by atoms with Gasteiger partial charge in [-0.2, -0.15) is 0 Å². The molecule has 3 aromatic rings. The zero-order chi connectivity index (χ0) is 18.4. The Kier molecular flexibility index (Phi) is 6.21. The highest BCUT2D eigenvalue weighted by atomic mass is 16.5. The molecular weight excluding hydrogens is 324 g/mol. The SMILES string of the molecule is CCc1cccc2c(C(=O)[C@@H]([NH2+]CCCOC)c3ccccc3)c[nH]c12. The maximum atomic E-state index is 13.4. The van der Waals surface area contributed by atoms with Crippen LogP contribution < -0.4 is 5.32 Å². The average molecular weight is 351 g/mol. The summed E-state index contributed by atoms with van der Waals surface area (Å²) in [6, 6.07) is 16.0. The Morgan fingerprint density at radius 1 is 1.15 bits per heavy atom. The third-order valence-electron chi connectivity index (χ3n) is 4.84. The lowest BCUT2D eigenvalue weighted by molar-refractivity contribution is -0.681.